The molecule has 0 fully saturated rings. The van der Waals surface area contributed by atoms with Crippen LogP contribution in [0.2, 0.25) is 0 Å². The largest absolute Gasteiger partial charge is 0.388 e. The van der Waals surface area contributed by atoms with Gasteiger partial charge in [0.2, 0.25) is 0 Å². The van der Waals surface area contributed by atoms with Gasteiger partial charge in [0, 0.05) is 40.1 Å². The highest BCUT2D eigenvalue weighted by Crippen LogP contribution is 2.22. The predicted molar refractivity (Wildman–Crippen MR) is 80.8 cm³/mol. The number of nitrogens with zero attached hydrogens (tertiary/aromatic N) is 1. The average molecular weight is 301 g/mol. The van der Waals surface area contributed by atoms with Gasteiger partial charge in [0.25, 0.3) is 0 Å². The van der Waals surface area contributed by atoms with Gasteiger partial charge in [0.1, 0.15) is 0 Å². The van der Waals surface area contributed by atoms with Crippen molar-refractivity contribution < 1.29 is 0 Å². The van der Waals surface area contributed by atoms with Crippen molar-refractivity contribution in [2.45, 2.75) is 11.8 Å². The fraction of sp³-hybridized carbons (Fsp3) is 0.154. The topological polar surface area (TPSA) is 24.9 Å². The molecule has 0 radical (unpaired) electrons. The zero-order chi connectivity index (χ0) is 13.4. The van der Waals surface area contributed by atoms with Crippen LogP contribution in [0, 0.1) is 0 Å². The van der Waals surface area contributed by atoms with Crippen LogP contribution in [0.1, 0.15) is 6.92 Å². The molecular weight excluding hydrogens is 287 g/mol. The minimum atomic E-state index is 0.635. The third kappa shape index (κ3) is 6.15. The van der Waals surface area contributed by atoms with E-state index in [-0.39, 0.29) is 0 Å². The molecule has 0 saturated heterocycles. The highest BCUT2D eigenvalue weighted by Gasteiger charge is 1.94. The molecule has 0 unspecified atom stereocenters. The van der Waals surface area contributed by atoms with E-state index in [0.29, 0.717) is 10.1 Å². The average Bonchev–Trinajstić information content (AvgIpc) is 2.36. The molecule has 5 heteroatoms. The molecule has 96 valence electrons. The smallest absolute Gasteiger partial charge is 0.0493 e. The Balaban J connectivity index is 2.72. The number of thioether (sulfide) groups is 1. The van der Waals surface area contributed by atoms with Gasteiger partial charge in [0.05, 0.1) is 0 Å². The lowest BCUT2D eigenvalue weighted by atomic mass is 10.3. The van der Waals surface area contributed by atoms with Crippen LogP contribution in [0.25, 0.3) is 0 Å². The standard InChI is InChI=1S/C13H14Cl2N2S/c1-10(14)7-12(16-2)8-11(15)9-18-13-3-5-17-6-4-13/h3-9,16H,1-2H3/b10-7+,11-9-,12-8+. The summed E-state index contributed by atoms with van der Waals surface area (Å²) in [5, 5.41) is 6.22. The molecule has 1 aromatic rings. The van der Waals surface area contributed by atoms with Gasteiger partial charge in [0.15, 0.2) is 0 Å². The Kier molecular flexibility index (Phi) is 6.94. The zero-order valence-corrected chi connectivity index (χ0v) is 12.5. The summed E-state index contributed by atoms with van der Waals surface area (Å²) in [6.45, 7) is 1.82. The number of halogens is 2. The molecule has 1 N–H and O–H groups in total. The summed E-state index contributed by atoms with van der Waals surface area (Å²) in [7, 11) is 1.82. The minimum Gasteiger partial charge on any atom is -0.388 e. The number of allylic oxidation sites excluding steroid dienone is 4. The molecule has 1 aromatic heterocycles. The second kappa shape index (κ2) is 8.25. The molecule has 0 aliphatic heterocycles. The summed E-state index contributed by atoms with van der Waals surface area (Å²) in [4.78, 5) is 5.04. The Hall–Kier alpha value is -0.900. The molecule has 0 amide bonds. The molecule has 2 nitrogen and oxygen atoms in total. The van der Waals surface area contributed by atoms with Gasteiger partial charge in [-0.1, -0.05) is 35.0 Å². The van der Waals surface area contributed by atoms with Gasteiger partial charge in [-0.15, -0.1) is 0 Å². The number of likely N-dealkylation sites (N-methyl/N-ethyl adjacent to an activating group) is 1. The SMILES string of the molecule is CNC(/C=C(\C)Cl)=C/C(Cl)=C/Sc1ccncc1. The van der Waals surface area contributed by atoms with Crippen molar-refractivity contribution in [3.8, 4) is 0 Å². The number of hydrogen-bond donors (Lipinski definition) is 1. The van der Waals surface area contributed by atoms with E-state index in [9.17, 15) is 0 Å². The fourth-order valence-corrected chi connectivity index (χ4v) is 2.09. The van der Waals surface area contributed by atoms with Crippen molar-refractivity contribution in [1.82, 2.24) is 10.3 Å². The Morgan fingerprint density at radius 3 is 2.50 bits per heavy atom. The second-order valence-electron chi connectivity index (χ2n) is 3.38. The predicted octanol–water partition coefficient (Wildman–Crippen LogP) is 4.50. The quantitative estimate of drug-likeness (QED) is 0.640. The van der Waals surface area contributed by atoms with Gasteiger partial charge in [-0.2, -0.15) is 0 Å². The number of nitrogens with one attached hydrogen (secondary N) is 1. The van der Waals surface area contributed by atoms with Gasteiger partial charge >= 0.3 is 0 Å². The maximum atomic E-state index is 6.12. The molecule has 0 aliphatic carbocycles. The van der Waals surface area contributed by atoms with Crippen LogP contribution in [0.4, 0.5) is 0 Å². The molecule has 1 heterocycles. The van der Waals surface area contributed by atoms with E-state index in [4.69, 9.17) is 23.2 Å². The Morgan fingerprint density at radius 2 is 1.94 bits per heavy atom. The second-order valence-corrected chi connectivity index (χ2v) is 5.36. The molecule has 0 bridgehead atoms. The van der Waals surface area contributed by atoms with Crippen molar-refractivity contribution in [2.24, 2.45) is 0 Å². The van der Waals surface area contributed by atoms with E-state index in [2.05, 4.69) is 10.3 Å². The Bertz CT molecular complexity index is 463. The van der Waals surface area contributed by atoms with E-state index >= 15 is 0 Å². The summed E-state index contributed by atoms with van der Waals surface area (Å²) < 4.78 is 0. The Labute approximate surface area is 122 Å². The van der Waals surface area contributed by atoms with Crippen LogP contribution in [0.5, 0.6) is 0 Å². The van der Waals surface area contributed by atoms with E-state index < -0.39 is 0 Å². The van der Waals surface area contributed by atoms with Crippen LogP contribution in [-0.2, 0) is 0 Å². The van der Waals surface area contributed by atoms with Crippen LogP contribution in [0.15, 0.2) is 62.7 Å². The molecule has 0 spiro atoms. The number of pyridine rings is 1. The normalized spacial score (nSPS) is 13.7. The third-order valence-electron chi connectivity index (χ3n) is 1.89. The van der Waals surface area contributed by atoms with E-state index in [1.807, 2.05) is 43.7 Å². The molecular formula is C13H14Cl2N2S. The molecule has 0 aromatic carbocycles. The summed E-state index contributed by atoms with van der Waals surface area (Å²) in [5.74, 6) is 0. The van der Waals surface area contributed by atoms with Crippen LogP contribution < -0.4 is 5.32 Å². The van der Waals surface area contributed by atoms with Crippen molar-refractivity contribution in [2.75, 3.05) is 7.05 Å². The molecule has 0 atom stereocenters. The number of hydrogen-bond acceptors (Lipinski definition) is 3. The molecule has 0 aliphatic rings. The lowest BCUT2D eigenvalue weighted by Crippen LogP contribution is -2.03. The zero-order valence-electron chi connectivity index (χ0n) is 10.2. The number of aromatic nitrogens is 1. The van der Waals surface area contributed by atoms with Gasteiger partial charge in [-0.3, -0.25) is 4.98 Å². The maximum absolute atomic E-state index is 6.12. The summed E-state index contributed by atoms with van der Waals surface area (Å²) >= 11 is 13.5. The van der Waals surface area contributed by atoms with E-state index in [1.54, 1.807) is 12.4 Å². The first-order valence-electron chi connectivity index (χ1n) is 5.27. The van der Waals surface area contributed by atoms with Crippen molar-refractivity contribution in [3.05, 3.63) is 57.8 Å². The van der Waals surface area contributed by atoms with Gasteiger partial charge in [-0.25, -0.2) is 0 Å². The molecule has 18 heavy (non-hydrogen) atoms. The first kappa shape index (κ1) is 15.2. The first-order chi connectivity index (χ1) is 8.61. The van der Waals surface area contributed by atoms with Gasteiger partial charge < -0.3 is 5.32 Å². The monoisotopic (exact) mass is 300 g/mol. The van der Waals surface area contributed by atoms with E-state index in [0.717, 1.165) is 10.6 Å². The lowest BCUT2D eigenvalue weighted by Gasteiger charge is -2.01. The van der Waals surface area contributed by atoms with Crippen molar-refractivity contribution in [3.63, 3.8) is 0 Å². The highest BCUT2D eigenvalue weighted by molar-refractivity contribution is 8.02. The lowest BCUT2D eigenvalue weighted by molar-refractivity contribution is 1.03. The van der Waals surface area contributed by atoms with Crippen LogP contribution >= 0.6 is 35.0 Å². The van der Waals surface area contributed by atoms with Crippen molar-refractivity contribution in [1.29, 1.82) is 0 Å². The fourth-order valence-electron chi connectivity index (χ4n) is 1.12. The summed E-state index contributed by atoms with van der Waals surface area (Å²) in [5.41, 5.74) is 0.860. The van der Waals surface area contributed by atoms with Crippen LogP contribution in [-0.4, -0.2) is 12.0 Å². The summed E-state index contributed by atoms with van der Waals surface area (Å²) in [6.07, 6.45) is 7.13. The molecule has 1 rings (SSSR count). The van der Waals surface area contributed by atoms with Gasteiger partial charge in [-0.05, 0) is 36.6 Å². The van der Waals surface area contributed by atoms with E-state index in [1.165, 1.54) is 11.8 Å². The summed E-state index contributed by atoms with van der Waals surface area (Å²) in [6, 6.07) is 3.85. The highest BCUT2D eigenvalue weighted by atomic mass is 35.5. The molecule has 0 saturated carbocycles. The van der Waals surface area contributed by atoms with Crippen molar-refractivity contribution >= 4 is 35.0 Å². The third-order valence-corrected chi connectivity index (χ3v) is 3.27. The number of rotatable bonds is 5. The maximum Gasteiger partial charge on any atom is 0.0493 e. The van der Waals surface area contributed by atoms with Crippen LogP contribution in [0.3, 0.4) is 0 Å². The Morgan fingerprint density at radius 1 is 1.28 bits per heavy atom. The minimum absolute atomic E-state index is 0.635. The first-order valence-corrected chi connectivity index (χ1v) is 6.91.